The summed E-state index contributed by atoms with van der Waals surface area (Å²) in [5.74, 6) is -0.800. The minimum Gasteiger partial charge on any atom is -0.465 e. The van der Waals surface area contributed by atoms with Crippen LogP contribution in [0.5, 0.6) is 0 Å². The highest BCUT2D eigenvalue weighted by Gasteiger charge is 2.33. The van der Waals surface area contributed by atoms with Gasteiger partial charge in [0.05, 0.1) is 12.3 Å². The first-order valence-electron chi connectivity index (χ1n) is 6.61. The van der Waals surface area contributed by atoms with Crippen LogP contribution in [0.2, 0.25) is 0 Å². The van der Waals surface area contributed by atoms with E-state index in [1.165, 1.54) is 17.4 Å². The highest BCUT2D eigenvalue weighted by Crippen LogP contribution is 2.40. The van der Waals surface area contributed by atoms with Crippen LogP contribution in [-0.2, 0) is 16.0 Å². The molecule has 0 amide bonds. The van der Waals surface area contributed by atoms with Gasteiger partial charge in [-0.3, -0.25) is 4.79 Å². The fraction of sp³-hybridized carbons (Fsp3) is 0.333. The van der Waals surface area contributed by atoms with Gasteiger partial charge >= 0.3 is 5.97 Å². The molecule has 0 fully saturated rings. The van der Waals surface area contributed by atoms with E-state index in [0.29, 0.717) is 17.2 Å². The number of aryl methyl sites for hydroxylation is 1. The number of thiazole rings is 1. The molecule has 5 heteroatoms. The van der Waals surface area contributed by atoms with Crippen molar-refractivity contribution < 1.29 is 13.9 Å². The molecule has 1 aliphatic carbocycles. The van der Waals surface area contributed by atoms with Crippen LogP contribution >= 0.6 is 11.3 Å². The van der Waals surface area contributed by atoms with Gasteiger partial charge in [-0.05, 0) is 31.9 Å². The number of hydrogen-bond donors (Lipinski definition) is 0. The number of aromatic nitrogens is 1. The lowest BCUT2D eigenvalue weighted by atomic mass is 10.1. The lowest BCUT2D eigenvalue weighted by Crippen LogP contribution is -2.14. The van der Waals surface area contributed by atoms with E-state index in [1.54, 1.807) is 25.1 Å². The summed E-state index contributed by atoms with van der Waals surface area (Å²) < 4.78 is 18.9. The molecule has 3 nitrogen and oxygen atoms in total. The summed E-state index contributed by atoms with van der Waals surface area (Å²) >= 11 is 1.47. The van der Waals surface area contributed by atoms with Crippen molar-refractivity contribution in [2.45, 2.75) is 25.7 Å². The van der Waals surface area contributed by atoms with Gasteiger partial charge in [-0.1, -0.05) is 12.1 Å². The number of carbonyl (C=O) groups excluding carboxylic acids is 1. The topological polar surface area (TPSA) is 39.2 Å². The Bertz CT molecular complexity index is 653. The van der Waals surface area contributed by atoms with Crippen molar-refractivity contribution in [1.82, 2.24) is 4.98 Å². The molecular formula is C15H14FNO2S. The summed E-state index contributed by atoms with van der Waals surface area (Å²) in [5.41, 5.74) is 1.27. The molecule has 0 N–H and O–H groups in total. The number of halogens is 1. The van der Waals surface area contributed by atoms with E-state index in [2.05, 4.69) is 4.98 Å². The van der Waals surface area contributed by atoms with E-state index in [-0.39, 0.29) is 17.7 Å². The zero-order chi connectivity index (χ0) is 14.1. The third kappa shape index (κ3) is 2.22. The maximum atomic E-state index is 13.8. The monoisotopic (exact) mass is 291 g/mol. The molecule has 1 aromatic carbocycles. The Balaban J connectivity index is 1.94. The van der Waals surface area contributed by atoms with Crippen molar-refractivity contribution in [2.75, 3.05) is 6.61 Å². The highest BCUT2D eigenvalue weighted by molar-refractivity contribution is 7.15. The van der Waals surface area contributed by atoms with Gasteiger partial charge in [0.15, 0.2) is 0 Å². The van der Waals surface area contributed by atoms with Gasteiger partial charge in [-0.15, -0.1) is 11.3 Å². The number of esters is 1. The molecule has 20 heavy (non-hydrogen) atoms. The number of carbonyl (C=O) groups is 1. The summed E-state index contributed by atoms with van der Waals surface area (Å²) in [6.07, 6.45) is 1.55. The quantitative estimate of drug-likeness (QED) is 0.812. The highest BCUT2D eigenvalue weighted by atomic mass is 32.1. The van der Waals surface area contributed by atoms with Crippen molar-refractivity contribution in [2.24, 2.45) is 0 Å². The molecule has 3 rings (SSSR count). The standard InChI is InChI=1S/C15H14FNO2S/c1-2-19-15(18)10-7-8-12-13(10)17-14(20-12)9-5-3-4-6-11(9)16/h3-6,10H,2,7-8H2,1H3. The first-order valence-corrected chi connectivity index (χ1v) is 7.43. The number of hydrogen-bond acceptors (Lipinski definition) is 4. The Kier molecular flexibility index (Phi) is 3.53. The van der Waals surface area contributed by atoms with Crippen LogP contribution in [0.25, 0.3) is 10.6 Å². The summed E-state index contributed by atoms with van der Waals surface area (Å²) in [7, 11) is 0. The Morgan fingerprint density at radius 2 is 2.30 bits per heavy atom. The number of fused-ring (bicyclic) bond motifs is 1. The second-order valence-corrected chi connectivity index (χ2v) is 5.73. The molecule has 104 valence electrons. The smallest absolute Gasteiger partial charge is 0.315 e. The molecule has 1 aliphatic rings. The van der Waals surface area contributed by atoms with Gasteiger partial charge in [0, 0.05) is 10.4 Å². The van der Waals surface area contributed by atoms with Crippen molar-refractivity contribution in [3.8, 4) is 10.6 Å². The Hall–Kier alpha value is -1.75. The molecule has 1 aromatic heterocycles. The Morgan fingerprint density at radius 1 is 1.50 bits per heavy atom. The molecule has 0 saturated heterocycles. The number of ether oxygens (including phenoxy) is 1. The van der Waals surface area contributed by atoms with Gasteiger partial charge in [-0.25, -0.2) is 9.37 Å². The third-order valence-electron chi connectivity index (χ3n) is 3.39. The fourth-order valence-electron chi connectivity index (χ4n) is 2.45. The Labute approximate surface area is 120 Å². The van der Waals surface area contributed by atoms with Crippen LogP contribution in [0.4, 0.5) is 4.39 Å². The average molecular weight is 291 g/mol. The summed E-state index contributed by atoms with van der Waals surface area (Å²) in [5, 5.41) is 0.641. The molecule has 1 atom stereocenters. The van der Waals surface area contributed by atoms with E-state index < -0.39 is 0 Å². The first kappa shape index (κ1) is 13.2. The zero-order valence-corrected chi connectivity index (χ0v) is 11.9. The Morgan fingerprint density at radius 3 is 3.05 bits per heavy atom. The van der Waals surface area contributed by atoms with Crippen LogP contribution in [0.15, 0.2) is 24.3 Å². The fourth-order valence-corrected chi connectivity index (χ4v) is 3.61. The summed E-state index contributed by atoms with van der Waals surface area (Å²) in [4.78, 5) is 17.4. The summed E-state index contributed by atoms with van der Waals surface area (Å²) in [6.45, 7) is 2.16. The van der Waals surface area contributed by atoms with E-state index in [1.807, 2.05) is 0 Å². The van der Waals surface area contributed by atoms with Gasteiger partial charge < -0.3 is 4.74 Å². The predicted molar refractivity (Wildman–Crippen MR) is 75.2 cm³/mol. The zero-order valence-electron chi connectivity index (χ0n) is 11.1. The SMILES string of the molecule is CCOC(=O)C1CCc2sc(-c3ccccc3F)nc21. The van der Waals surface area contributed by atoms with Crippen molar-refractivity contribution in [3.63, 3.8) is 0 Å². The minimum atomic E-state index is -0.290. The molecular weight excluding hydrogens is 277 g/mol. The van der Waals surface area contributed by atoms with E-state index in [9.17, 15) is 9.18 Å². The predicted octanol–water partition coefficient (Wildman–Crippen LogP) is 3.54. The van der Waals surface area contributed by atoms with Crippen molar-refractivity contribution in [1.29, 1.82) is 0 Å². The lowest BCUT2D eigenvalue weighted by Gasteiger charge is -2.07. The second kappa shape index (κ2) is 5.32. The van der Waals surface area contributed by atoms with Crippen LogP contribution in [-0.4, -0.2) is 17.6 Å². The normalized spacial score (nSPS) is 17.0. The van der Waals surface area contributed by atoms with Crippen LogP contribution in [0.1, 0.15) is 29.8 Å². The van der Waals surface area contributed by atoms with Crippen LogP contribution < -0.4 is 0 Å². The third-order valence-corrected chi connectivity index (χ3v) is 4.56. The maximum Gasteiger partial charge on any atom is 0.315 e. The summed E-state index contributed by atoms with van der Waals surface area (Å²) in [6, 6.07) is 6.57. The first-order chi connectivity index (χ1) is 9.70. The average Bonchev–Trinajstić information content (AvgIpc) is 2.99. The molecule has 0 aliphatic heterocycles. The van der Waals surface area contributed by atoms with Crippen molar-refractivity contribution >= 4 is 17.3 Å². The van der Waals surface area contributed by atoms with E-state index in [4.69, 9.17) is 4.74 Å². The van der Waals surface area contributed by atoms with Crippen LogP contribution in [0, 0.1) is 5.82 Å². The van der Waals surface area contributed by atoms with Gasteiger partial charge in [0.25, 0.3) is 0 Å². The van der Waals surface area contributed by atoms with Gasteiger partial charge in [-0.2, -0.15) is 0 Å². The molecule has 0 spiro atoms. The molecule has 0 bridgehead atoms. The molecule has 1 unspecified atom stereocenters. The van der Waals surface area contributed by atoms with Gasteiger partial charge in [0.2, 0.25) is 0 Å². The largest absolute Gasteiger partial charge is 0.465 e. The number of rotatable bonds is 3. The molecule has 2 aromatic rings. The molecule has 1 heterocycles. The second-order valence-electron chi connectivity index (χ2n) is 4.65. The molecule has 0 radical (unpaired) electrons. The van der Waals surface area contributed by atoms with E-state index in [0.717, 1.165) is 23.4 Å². The number of nitrogens with zero attached hydrogens (tertiary/aromatic N) is 1. The lowest BCUT2D eigenvalue weighted by molar-refractivity contribution is -0.145. The minimum absolute atomic E-state index is 0.225. The molecule has 0 saturated carbocycles. The van der Waals surface area contributed by atoms with E-state index >= 15 is 0 Å². The van der Waals surface area contributed by atoms with Crippen LogP contribution in [0.3, 0.4) is 0 Å². The van der Waals surface area contributed by atoms with Crippen molar-refractivity contribution in [3.05, 3.63) is 40.7 Å². The maximum absolute atomic E-state index is 13.8. The number of benzene rings is 1. The van der Waals surface area contributed by atoms with Gasteiger partial charge in [0.1, 0.15) is 16.7 Å².